The van der Waals surface area contributed by atoms with Crippen molar-refractivity contribution < 1.29 is 24.2 Å². The van der Waals surface area contributed by atoms with Crippen LogP contribution in [0.3, 0.4) is 0 Å². The zero-order valence-corrected chi connectivity index (χ0v) is 8.06. The van der Waals surface area contributed by atoms with Crippen molar-refractivity contribution in [2.45, 2.75) is 12.8 Å². The Balaban J connectivity index is 2.73. The fraction of sp³-hybridized carbons (Fsp3) is 0.778. The van der Waals surface area contributed by atoms with Gasteiger partial charge in [-0.3, -0.25) is 9.59 Å². The Morgan fingerprint density at radius 3 is 2.36 bits per heavy atom. The third-order valence-electron chi connectivity index (χ3n) is 2.45. The minimum atomic E-state index is -0.953. The zero-order valence-electron chi connectivity index (χ0n) is 8.06. The van der Waals surface area contributed by atoms with Crippen molar-refractivity contribution >= 4 is 11.9 Å². The van der Waals surface area contributed by atoms with Crippen LogP contribution >= 0.6 is 0 Å². The quantitative estimate of drug-likeness (QED) is 0.651. The summed E-state index contributed by atoms with van der Waals surface area (Å²) in [6.45, 7) is 0.813. The van der Waals surface area contributed by atoms with Gasteiger partial charge in [0, 0.05) is 13.2 Å². The number of hydrogen-bond acceptors (Lipinski definition) is 4. The highest BCUT2D eigenvalue weighted by atomic mass is 16.5. The lowest BCUT2D eigenvalue weighted by Gasteiger charge is -2.17. The standard InChI is InChI=1S/C9H14O5/c1-13-9(12)7-3-5-14-4-2-6(7)8(10)11/h6-7H,2-5H2,1H3,(H,10,11). The van der Waals surface area contributed by atoms with Gasteiger partial charge in [0.2, 0.25) is 0 Å². The highest BCUT2D eigenvalue weighted by Gasteiger charge is 2.35. The molecule has 1 aliphatic heterocycles. The molecule has 2 atom stereocenters. The van der Waals surface area contributed by atoms with Gasteiger partial charge in [0.05, 0.1) is 18.9 Å². The molecule has 0 aromatic heterocycles. The Kier molecular flexibility index (Phi) is 3.88. The van der Waals surface area contributed by atoms with Gasteiger partial charge >= 0.3 is 11.9 Å². The minimum Gasteiger partial charge on any atom is -0.481 e. The number of carbonyl (C=O) groups is 2. The van der Waals surface area contributed by atoms with Crippen LogP contribution in [0.25, 0.3) is 0 Å². The Morgan fingerprint density at radius 2 is 1.86 bits per heavy atom. The van der Waals surface area contributed by atoms with Crippen molar-refractivity contribution in [1.82, 2.24) is 0 Å². The van der Waals surface area contributed by atoms with E-state index in [1.807, 2.05) is 0 Å². The fourth-order valence-electron chi connectivity index (χ4n) is 1.65. The van der Waals surface area contributed by atoms with Crippen molar-refractivity contribution in [2.75, 3.05) is 20.3 Å². The summed E-state index contributed by atoms with van der Waals surface area (Å²) in [6.07, 6.45) is 0.790. The Morgan fingerprint density at radius 1 is 1.29 bits per heavy atom. The molecule has 0 saturated carbocycles. The van der Waals surface area contributed by atoms with Crippen LogP contribution in [0.2, 0.25) is 0 Å². The monoisotopic (exact) mass is 202 g/mol. The fourth-order valence-corrected chi connectivity index (χ4v) is 1.65. The lowest BCUT2D eigenvalue weighted by atomic mass is 9.88. The van der Waals surface area contributed by atoms with Crippen molar-refractivity contribution in [3.63, 3.8) is 0 Å². The first kappa shape index (κ1) is 11.0. The van der Waals surface area contributed by atoms with Crippen molar-refractivity contribution in [3.05, 3.63) is 0 Å². The van der Waals surface area contributed by atoms with Crippen LogP contribution in [0, 0.1) is 11.8 Å². The first-order chi connectivity index (χ1) is 6.66. The maximum absolute atomic E-state index is 11.3. The predicted octanol–water partition coefficient (Wildman–Crippen LogP) is 0.287. The highest BCUT2D eigenvalue weighted by Crippen LogP contribution is 2.24. The molecule has 1 aliphatic rings. The number of carbonyl (C=O) groups excluding carboxylic acids is 1. The van der Waals surface area contributed by atoms with Gasteiger partial charge in [-0.05, 0) is 12.8 Å². The van der Waals surface area contributed by atoms with E-state index >= 15 is 0 Å². The van der Waals surface area contributed by atoms with E-state index in [0.29, 0.717) is 26.1 Å². The largest absolute Gasteiger partial charge is 0.481 e. The zero-order chi connectivity index (χ0) is 10.6. The van der Waals surface area contributed by atoms with E-state index in [-0.39, 0.29) is 0 Å². The molecular weight excluding hydrogens is 188 g/mol. The molecule has 1 N–H and O–H groups in total. The third kappa shape index (κ3) is 2.45. The highest BCUT2D eigenvalue weighted by molar-refractivity contribution is 5.81. The topological polar surface area (TPSA) is 72.8 Å². The van der Waals surface area contributed by atoms with Gasteiger partial charge in [0.15, 0.2) is 0 Å². The summed E-state index contributed by atoms with van der Waals surface area (Å²) in [7, 11) is 1.27. The molecule has 5 heteroatoms. The molecule has 0 radical (unpaired) electrons. The molecule has 0 amide bonds. The van der Waals surface area contributed by atoms with Crippen molar-refractivity contribution in [1.29, 1.82) is 0 Å². The van der Waals surface area contributed by atoms with Gasteiger partial charge in [-0.15, -0.1) is 0 Å². The molecule has 14 heavy (non-hydrogen) atoms. The summed E-state index contributed by atoms with van der Waals surface area (Å²) in [5.41, 5.74) is 0. The molecule has 0 aromatic rings. The average molecular weight is 202 g/mol. The second-order valence-corrected chi connectivity index (χ2v) is 3.26. The summed E-state index contributed by atoms with van der Waals surface area (Å²) >= 11 is 0. The van der Waals surface area contributed by atoms with E-state index in [0.717, 1.165) is 0 Å². The van der Waals surface area contributed by atoms with Crippen LogP contribution in [0.15, 0.2) is 0 Å². The van der Waals surface area contributed by atoms with E-state index in [1.54, 1.807) is 0 Å². The molecule has 5 nitrogen and oxygen atoms in total. The number of ether oxygens (including phenoxy) is 2. The van der Waals surface area contributed by atoms with E-state index in [9.17, 15) is 9.59 Å². The normalized spacial score (nSPS) is 27.8. The number of rotatable bonds is 2. The first-order valence-corrected chi connectivity index (χ1v) is 4.55. The lowest BCUT2D eigenvalue weighted by molar-refractivity contribution is -0.155. The minimum absolute atomic E-state index is 0.370. The van der Waals surface area contributed by atoms with Gasteiger partial charge in [-0.25, -0.2) is 0 Å². The molecule has 1 rings (SSSR count). The van der Waals surface area contributed by atoms with E-state index in [2.05, 4.69) is 4.74 Å². The van der Waals surface area contributed by atoms with E-state index in [4.69, 9.17) is 9.84 Å². The van der Waals surface area contributed by atoms with Crippen LogP contribution in [-0.4, -0.2) is 37.4 Å². The molecule has 0 bridgehead atoms. The summed E-state index contributed by atoms with van der Waals surface area (Å²) in [6, 6.07) is 0. The van der Waals surface area contributed by atoms with Crippen molar-refractivity contribution in [3.8, 4) is 0 Å². The Bertz CT molecular complexity index is 225. The molecule has 0 aliphatic carbocycles. The molecule has 2 unspecified atom stereocenters. The van der Waals surface area contributed by atoms with E-state index < -0.39 is 23.8 Å². The lowest BCUT2D eigenvalue weighted by Crippen LogP contribution is -2.30. The number of carboxylic acid groups (broad SMARTS) is 1. The Labute approximate surface area is 82.0 Å². The molecule has 0 aromatic carbocycles. The van der Waals surface area contributed by atoms with Gasteiger partial charge in [0.1, 0.15) is 0 Å². The number of esters is 1. The van der Waals surface area contributed by atoms with Crippen LogP contribution in [-0.2, 0) is 19.1 Å². The number of aliphatic carboxylic acids is 1. The maximum Gasteiger partial charge on any atom is 0.309 e. The molecule has 1 saturated heterocycles. The molecule has 0 spiro atoms. The van der Waals surface area contributed by atoms with Gasteiger partial charge in [0.25, 0.3) is 0 Å². The van der Waals surface area contributed by atoms with Crippen LogP contribution in [0.4, 0.5) is 0 Å². The molecule has 1 heterocycles. The smallest absolute Gasteiger partial charge is 0.309 e. The maximum atomic E-state index is 11.3. The second kappa shape index (κ2) is 4.95. The molecular formula is C9H14O5. The summed E-state index contributed by atoms with van der Waals surface area (Å²) in [5.74, 6) is -2.65. The third-order valence-corrected chi connectivity index (χ3v) is 2.45. The summed E-state index contributed by atoms with van der Waals surface area (Å²) in [4.78, 5) is 22.2. The number of carboxylic acids is 1. The van der Waals surface area contributed by atoms with Gasteiger partial charge in [-0.2, -0.15) is 0 Å². The SMILES string of the molecule is COC(=O)C1CCOCCC1C(=O)O. The molecule has 80 valence electrons. The van der Waals surface area contributed by atoms with Crippen LogP contribution < -0.4 is 0 Å². The van der Waals surface area contributed by atoms with E-state index in [1.165, 1.54) is 7.11 Å². The average Bonchev–Trinajstić information content (AvgIpc) is 2.41. The Hall–Kier alpha value is -1.10. The van der Waals surface area contributed by atoms with Crippen LogP contribution in [0.1, 0.15) is 12.8 Å². The molecule has 1 fully saturated rings. The predicted molar refractivity (Wildman–Crippen MR) is 46.7 cm³/mol. The number of methoxy groups -OCH3 is 1. The first-order valence-electron chi connectivity index (χ1n) is 4.55. The second-order valence-electron chi connectivity index (χ2n) is 3.26. The number of hydrogen-bond donors (Lipinski definition) is 1. The summed E-state index contributed by atoms with van der Waals surface area (Å²) < 4.78 is 9.70. The van der Waals surface area contributed by atoms with Crippen molar-refractivity contribution in [2.24, 2.45) is 11.8 Å². The van der Waals surface area contributed by atoms with Gasteiger partial charge < -0.3 is 14.6 Å². The summed E-state index contributed by atoms with van der Waals surface area (Å²) in [5, 5.41) is 8.91. The van der Waals surface area contributed by atoms with Crippen LogP contribution in [0.5, 0.6) is 0 Å². The van der Waals surface area contributed by atoms with Gasteiger partial charge in [-0.1, -0.05) is 0 Å².